The SMILES string of the molecule is O=C(Nc1ccc(N2CCCCC2)c(F)c1)Nc1ccc2c(c1)OCO2. The summed E-state index contributed by atoms with van der Waals surface area (Å²) in [4.78, 5) is 14.2. The smallest absolute Gasteiger partial charge is 0.323 e. The third-order valence-corrected chi connectivity index (χ3v) is 4.53. The van der Waals surface area contributed by atoms with Gasteiger partial charge in [-0.1, -0.05) is 0 Å². The minimum atomic E-state index is -0.450. The standard InChI is InChI=1S/C19H20FN3O3/c20-15-10-13(4-6-16(15)23-8-2-1-3-9-23)21-19(24)22-14-5-7-17-18(11-14)26-12-25-17/h4-7,10-11H,1-3,8-9,12H2,(H2,21,22,24). The van der Waals surface area contributed by atoms with Gasteiger partial charge in [0.15, 0.2) is 11.5 Å². The van der Waals surface area contributed by atoms with E-state index in [0.717, 1.165) is 25.9 Å². The summed E-state index contributed by atoms with van der Waals surface area (Å²) in [5, 5.41) is 5.35. The molecule has 2 amide bonds. The van der Waals surface area contributed by atoms with Crippen molar-refractivity contribution < 1.29 is 18.7 Å². The van der Waals surface area contributed by atoms with Crippen LogP contribution in [-0.2, 0) is 0 Å². The Labute approximate surface area is 150 Å². The quantitative estimate of drug-likeness (QED) is 0.865. The van der Waals surface area contributed by atoms with Gasteiger partial charge in [0.2, 0.25) is 6.79 Å². The van der Waals surface area contributed by atoms with Crippen molar-refractivity contribution >= 4 is 23.1 Å². The average Bonchev–Trinajstić information content (AvgIpc) is 3.10. The molecule has 0 aliphatic carbocycles. The van der Waals surface area contributed by atoms with Crippen LogP contribution in [0.5, 0.6) is 11.5 Å². The zero-order chi connectivity index (χ0) is 17.9. The van der Waals surface area contributed by atoms with Gasteiger partial charge in [-0.2, -0.15) is 0 Å². The number of halogens is 1. The van der Waals surface area contributed by atoms with Crippen LogP contribution in [0, 0.1) is 5.82 Å². The molecule has 2 heterocycles. The molecule has 26 heavy (non-hydrogen) atoms. The molecule has 1 fully saturated rings. The molecule has 2 aliphatic heterocycles. The van der Waals surface area contributed by atoms with Crippen LogP contribution in [0.25, 0.3) is 0 Å². The maximum atomic E-state index is 14.4. The number of anilines is 3. The summed E-state index contributed by atoms with van der Waals surface area (Å²) in [6, 6.07) is 9.46. The fourth-order valence-electron chi connectivity index (χ4n) is 3.24. The summed E-state index contributed by atoms with van der Waals surface area (Å²) in [7, 11) is 0. The molecular weight excluding hydrogens is 337 g/mol. The lowest BCUT2D eigenvalue weighted by molar-refractivity contribution is 0.174. The van der Waals surface area contributed by atoms with Crippen LogP contribution in [0.1, 0.15) is 19.3 Å². The highest BCUT2D eigenvalue weighted by Crippen LogP contribution is 2.34. The van der Waals surface area contributed by atoms with Crippen LogP contribution in [0.15, 0.2) is 36.4 Å². The Morgan fingerprint density at radius 3 is 2.38 bits per heavy atom. The van der Waals surface area contributed by atoms with Gasteiger partial charge in [-0.15, -0.1) is 0 Å². The van der Waals surface area contributed by atoms with E-state index in [0.29, 0.717) is 28.6 Å². The summed E-state index contributed by atoms with van der Waals surface area (Å²) in [5.74, 6) is 0.902. The Bertz CT molecular complexity index is 822. The van der Waals surface area contributed by atoms with Crippen LogP contribution >= 0.6 is 0 Å². The van der Waals surface area contributed by atoms with Gasteiger partial charge in [-0.25, -0.2) is 9.18 Å². The maximum Gasteiger partial charge on any atom is 0.323 e. The molecule has 0 saturated carbocycles. The van der Waals surface area contributed by atoms with Crippen molar-refractivity contribution in [2.24, 2.45) is 0 Å². The van der Waals surface area contributed by atoms with Gasteiger partial charge in [-0.05, 0) is 49.6 Å². The highest BCUT2D eigenvalue weighted by molar-refractivity contribution is 6.00. The molecule has 0 atom stereocenters. The number of nitrogens with zero attached hydrogens (tertiary/aromatic N) is 1. The number of nitrogens with one attached hydrogen (secondary N) is 2. The highest BCUT2D eigenvalue weighted by atomic mass is 19.1. The second-order valence-corrected chi connectivity index (χ2v) is 6.36. The van der Waals surface area contributed by atoms with Crippen LogP contribution in [0.2, 0.25) is 0 Å². The number of rotatable bonds is 3. The first kappa shape index (κ1) is 16.5. The topological polar surface area (TPSA) is 62.8 Å². The Kier molecular flexibility index (Phi) is 4.51. The third kappa shape index (κ3) is 3.51. The summed E-state index contributed by atoms with van der Waals surface area (Å²) >= 11 is 0. The highest BCUT2D eigenvalue weighted by Gasteiger charge is 2.16. The van der Waals surface area contributed by atoms with Crippen LogP contribution in [-0.4, -0.2) is 25.9 Å². The first-order chi connectivity index (χ1) is 12.7. The third-order valence-electron chi connectivity index (χ3n) is 4.53. The Morgan fingerprint density at radius 1 is 0.923 bits per heavy atom. The molecule has 0 aromatic heterocycles. The molecule has 2 aromatic carbocycles. The summed E-state index contributed by atoms with van der Waals surface area (Å²) in [6.45, 7) is 1.91. The van der Waals surface area contributed by atoms with E-state index in [1.54, 1.807) is 30.3 Å². The van der Waals surface area contributed by atoms with E-state index in [4.69, 9.17) is 9.47 Å². The van der Waals surface area contributed by atoms with Crippen molar-refractivity contribution in [3.05, 3.63) is 42.2 Å². The zero-order valence-corrected chi connectivity index (χ0v) is 14.3. The van der Waals surface area contributed by atoms with E-state index in [1.165, 1.54) is 12.5 Å². The molecule has 2 N–H and O–H groups in total. The van der Waals surface area contributed by atoms with Crippen molar-refractivity contribution in [3.8, 4) is 11.5 Å². The molecule has 1 saturated heterocycles. The molecule has 0 radical (unpaired) electrons. The Balaban J connectivity index is 1.40. The first-order valence-electron chi connectivity index (χ1n) is 8.71. The predicted molar refractivity (Wildman–Crippen MR) is 97.7 cm³/mol. The minimum Gasteiger partial charge on any atom is -0.454 e. The van der Waals surface area contributed by atoms with Crippen LogP contribution < -0.4 is 25.0 Å². The van der Waals surface area contributed by atoms with Crippen molar-refractivity contribution in [3.63, 3.8) is 0 Å². The molecule has 2 aromatic rings. The first-order valence-corrected chi connectivity index (χ1v) is 8.71. The monoisotopic (exact) mass is 357 g/mol. The number of carbonyl (C=O) groups excluding carboxylic acids is 1. The number of benzene rings is 2. The molecule has 2 aliphatic rings. The van der Waals surface area contributed by atoms with Crippen LogP contribution in [0.3, 0.4) is 0 Å². The second-order valence-electron chi connectivity index (χ2n) is 6.36. The Morgan fingerprint density at radius 2 is 1.62 bits per heavy atom. The molecule has 4 rings (SSSR count). The number of hydrogen-bond acceptors (Lipinski definition) is 4. The van der Waals surface area contributed by atoms with Crippen molar-refractivity contribution in [2.75, 3.05) is 35.4 Å². The van der Waals surface area contributed by atoms with Gasteiger partial charge in [0.05, 0.1) is 5.69 Å². The van der Waals surface area contributed by atoms with Crippen molar-refractivity contribution in [1.82, 2.24) is 0 Å². The second kappa shape index (κ2) is 7.11. The summed E-state index contributed by atoms with van der Waals surface area (Å²) < 4.78 is 24.9. The van der Waals surface area contributed by atoms with Gasteiger partial charge < -0.3 is 25.0 Å². The predicted octanol–water partition coefficient (Wildman–Crippen LogP) is 4.19. The largest absolute Gasteiger partial charge is 0.454 e. The van der Waals surface area contributed by atoms with Crippen molar-refractivity contribution in [2.45, 2.75) is 19.3 Å². The lowest BCUT2D eigenvalue weighted by Gasteiger charge is -2.29. The molecule has 0 bridgehead atoms. The molecule has 0 unspecified atom stereocenters. The van der Waals surface area contributed by atoms with Crippen molar-refractivity contribution in [1.29, 1.82) is 0 Å². The lowest BCUT2D eigenvalue weighted by atomic mass is 10.1. The van der Waals surface area contributed by atoms with Gasteiger partial charge in [0.25, 0.3) is 0 Å². The van der Waals surface area contributed by atoms with Gasteiger partial charge >= 0.3 is 6.03 Å². The number of fused-ring (bicyclic) bond motifs is 1. The number of ether oxygens (including phenoxy) is 2. The fourth-order valence-corrected chi connectivity index (χ4v) is 3.24. The van der Waals surface area contributed by atoms with E-state index in [2.05, 4.69) is 15.5 Å². The van der Waals surface area contributed by atoms with Gasteiger partial charge in [-0.3, -0.25) is 0 Å². The lowest BCUT2D eigenvalue weighted by Crippen LogP contribution is -2.30. The van der Waals surface area contributed by atoms with E-state index in [1.807, 2.05) is 0 Å². The number of carbonyl (C=O) groups is 1. The maximum absolute atomic E-state index is 14.4. The zero-order valence-electron chi connectivity index (χ0n) is 14.3. The average molecular weight is 357 g/mol. The molecule has 7 heteroatoms. The molecule has 6 nitrogen and oxygen atoms in total. The minimum absolute atomic E-state index is 0.174. The van der Waals surface area contributed by atoms with E-state index < -0.39 is 6.03 Å². The molecule has 0 spiro atoms. The van der Waals surface area contributed by atoms with Crippen LogP contribution in [0.4, 0.5) is 26.2 Å². The fraction of sp³-hybridized carbons (Fsp3) is 0.316. The van der Waals surface area contributed by atoms with E-state index in [-0.39, 0.29) is 12.6 Å². The summed E-state index contributed by atoms with van der Waals surface area (Å²) in [5.41, 5.74) is 1.56. The van der Waals surface area contributed by atoms with E-state index >= 15 is 0 Å². The normalized spacial score (nSPS) is 15.7. The number of hydrogen-bond donors (Lipinski definition) is 2. The van der Waals surface area contributed by atoms with Gasteiger partial charge in [0.1, 0.15) is 5.82 Å². The Hall–Kier alpha value is -2.96. The molecule has 136 valence electrons. The number of urea groups is 1. The van der Waals surface area contributed by atoms with Gasteiger partial charge in [0, 0.05) is 30.5 Å². The number of amides is 2. The molecular formula is C19H20FN3O3. The van der Waals surface area contributed by atoms with E-state index in [9.17, 15) is 9.18 Å². The number of piperidine rings is 1. The summed E-state index contributed by atoms with van der Waals surface area (Å²) in [6.07, 6.45) is 3.35.